The third-order valence-corrected chi connectivity index (χ3v) is 9.36. The number of hydrogen-bond donors (Lipinski definition) is 1. The van der Waals surface area contributed by atoms with Crippen LogP contribution in [0.2, 0.25) is 0 Å². The molecular weight excluding hydrogens is 610 g/mol. The molecule has 0 amide bonds. The van der Waals surface area contributed by atoms with Crippen LogP contribution in [0.1, 0.15) is 36.6 Å². The molecule has 0 aliphatic heterocycles. The Labute approximate surface area is 265 Å². The van der Waals surface area contributed by atoms with Crippen LogP contribution in [0.25, 0.3) is 16.6 Å². The van der Waals surface area contributed by atoms with E-state index in [-0.39, 0.29) is 31.2 Å². The van der Waals surface area contributed by atoms with Crippen molar-refractivity contribution in [1.82, 2.24) is 9.55 Å². The first-order chi connectivity index (χ1) is 22.3. The molecule has 0 aliphatic rings. The lowest BCUT2D eigenvalue weighted by Crippen LogP contribution is -2.25. The van der Waals surface area contributed by atoms with Crippen molar-refractivity contribution in [2.75, 3.05) is 25.6 Å². The third kappa shape index (κ3) is 6.80. The van der Waals surface area contributed by atoms with Crippen LogP contribution >= 0.6 is 7.60 Å². The summed E-state index contributed by atoms with van der Waals surface area (Å²) in [7, 11) is -2.36. The number of fused-ring (bicyclic) bond motifs is 1. The Morgan fingerprint density at radius 2 is 1.65 bits per heavy atom. The molecule has 5 rings (SSSR count). The largest absolute Gasteiger partial charge is 0.493 e. The molecule has 1 heterocycles. The summed E-state index contributed by atoms with van der Waals surface area (Å²) in [6, 6.07) is 26.5. The van der Waals surface area contributed by atoms with Crippen LogP contribution in [-0.2, 0) is 20.2 Å². The van der Waals surface area contributed by atoms with Crippen LogP contribution in [0, 0.1) is 17.1 Å². The zero-order chi connectivity index (χ0) is 32.7. The normalized spacial score (nSPS) is 12.0. The van der Waals surface area contributed by atoms with Gasteiger partial charge in [-0.3, -0.25) is 13.9 Å². The van der Waals surface area contributed by atoms with Crippen molar-refractivity contribution in [2.45, 2.75) is 26.2 Å². The highest BCUT2D eigenvalue weighted by Gasteiger charge is 2.38. The van der Waals surface area contributed by atoms with Gasteiger partial charge in [0, 0.05) is 0 Å². The van der Waals surface area contributed by atoms with Gasteiger partial charge >= 0.3 is 7.60 Å². The van der Waals surface area contributed by atoms with Crippen molar-refractivity contribution in [3.05, 3.63) is 124 Å². The van der Waals surface area contributed by atoms with Crippen molar-refractivity contribution in [3.63, 3.8) is 0 Å². The van der Waals surface area contributed by atoms with Crippen LogP contribution in [-0.4, -0.2) is 29.9 Å². The summed E-state index contributed by atoms with van der Waals surface area (Å²) < 4.78 is 52.5. The van der Waals surface area contributed by atoms with Gasteiger partial charge in [-0.15, -0.1) is 0 Å². The molecule has 10 nitrogen and oxygen atoms in total. The minimum absolute atomic E-state index is 0.127. The lowest BCUT2D eigenvalue weighted by atomic mass is 10.1. The maximum atomic E-state index is 14.1. The number of aromatic nitrogens is 2. The Balaban J connectivity index is 1.53. The summed E-state index contributed by atoms with van der Waals surface area (Å²) in [5, 5.41) is 13.3. The molecular formula is C34H32FN4O6P. The van der Waals surface area contributed by atoms with E-state index in [1.807, 2.05) is 0 Å². The fraction of sp³-hybridized carbons (Fsp3) is 0.206. The van der Waals surface area contributed by atoms with Gasteiger partial charge in [-0.2, -0.15) is 5.26 Å². The molecule has 236 valence electrons. The van der Waals surface area contributed by atoms with E-state index < -0.39 is 19.2 Å². The summed E-state index contributed by atoms with van der Waals surface area (Å²) >= 11 is 0. The van der Waals surface area contributed by atoms with Crippen LogP contribution in [0.5, 0.6) is 11.5 Å². The first-order valence-corrected chi connectivity index (χ1v) is 16.1. The summed E-state index contributed by atoms with van der Waals surface area (Å²) in [4.78, 5) is 18.2. The molecule has 1 atom stereocenters. The Morgan fingerprint density at radius 1 is 0.957 bits per heavy atom. The molecule has 4 aromatic carbocycles. The number of rotatable bonds is 13. The molecule has 46 heavy (non-hydrogen) atoms. The first-order valence-electron chi connectivity index (χ1n) is 14.5. The Morgan fingerprint density at radius 3 is 2.35 bits per heavy atom. The van der Waals surface area contributed by atoms with E-state index in [0.717, 1.165) is 0 Å². The Hall–Kier alpha value is -5.01. The van der Waals surface area contributed by atoms with Gasteiger partial charge in [0.2, 0.25) is 0 Å². The quantitative estimate of drug-likeness (QED) is 0.131. The number of anilines is 1. The van der Waals surface area contributed by atoms with E-state index >= 15 is 0 Å². The van der Waals surface area contributed by atoms with Gasteiger partial charge in [0.15, 0.2) is 23.1 Å². The fourth-order valence-electron chi connectivity index (χ4n) is 4.99. The number of nitrogens with zero attached hydrogens (tertiary/aromatic N) is 3. The second-order valence-electron chi connectivity index (χ2n) is 9.94. The topological polar surface area (TPSA) is 125 Å². The van der Waals surface area contributed by atoms with E-state index in [1.54, 1.807) is 80.6 Å². The molecule has 1 unspecified atom stereocenters. The molecule has 0 aliphatic carbocycles. The van der Waals surface area contributed by atoms with E-state index in [4.69, 9.17) is 18.5 Å². The summed E-state index contributed by atoms with van der Waals surface area (Å²) in [6.45, 7) is 3.55. The molecule has 1 N–H and O–H groups in total. The van der Waals surface area contributed by atoms with Crippen molar-refractivity contribution in [2.24, 2.45) is 0 Å². The number of benzene rings is 4. The average Bonchev–Trinajstić information content (AvgIpc) is 3.07. The molecule has 5 aromatic rings. The molecule has 0 saturated heterocycles. The zero-order valence-electron chi connectivity index (χ0n) is 25.5. The van der Waals surface area contributed by atoms with Gasteiger partial charge in [0.05, 0.1) is 48.2 Å². The van der Waals surface area contributed by atoms with E-state index in [2.05, 4.69) is 16.4 Å². The Kier molecular flexibility index (Phi) is 10.1. The van der Waals surface area contributed by atoms with Crippen LogP contribution < -0.4 is 20.3 Å². The van der Waals surface area contributed by atoms with Crippen LogP contribution in [0.15, 0.2) is 95.8 Å². The number of para-hydroxylation sites is 2. The van der Waals surface area contributed by atoms with Crippen molar-refractivity contribution < 1.29 is 27.5 Å². The Bertz CT molecular complexity index is 1980. The monoisotopic (exact) mass is 642 g/mol. The van der Waals surface area contributed by atoms with Gasteiger partial charge in [0.1, 0.15) is 18.5 Å². The molecule has 0 fully saturated rings. The predicted octanol–water partition coefficient (Wildman–Crippen LogP) is 7.36. The van der Waals surface area contributed by atoms with Crippen molar-refractivity contribution >= 4 is 24.2 Å². The number of nitriles is 1. The SMILES string of the molecule is CCOP(=O)(OCC)C(Nc1ccccc1C#N)c1ccc(OCc2nc3ccccc3c(=O)n2-c2ccc(F)cc2)c(OC)c1. The number of methoxy groups -OCH3 is 1. The highest BCUT2D eigenvalue weighted by Crippen LogP contribution is 2.61. The van der Waals surface area contributed by atoms with Gasteiger partial charge in [-0.25, -0.2) is 9.37 Å². The molecule has 1 aromatic heterocycles. The molecule has 0 radical (unpaired) electrons. The van der Waals surface area contributed by atoms with E-state index in [9.17, 15) is 19.0 Å². The van der Waals surface area contributed by atoms with Gasteiger partial charge < -0.3 is 23.8 Å². The lowest BCUT2D eigenvalue weighted by Gasteiger charge is -2.29. The van der Waals surface area contributed by atoms with Gasteiger partial charge in [-0.1, -0.05) is 30.3 Å². The summed E-state index contributed by atoms with van der Waals surface area (Å²) in [5.41, 5.74) is 1.89. The molecule has 12 heteroatoms. The maximum absolute atomic E-state index is 14.1. The third-order valence-electron chi connectivity index (χ3n) is 7.06. The van der Waals surface area contributed by atoms with Crippen molar-refractivity contribution in [3.8, 4) is 23.3 Å². The second kappa shape index (κ2) is 14.4. The van der Waals surface area contributed by atoms with Crippen LogP contribution in [0.3, 0.4) is 0 Å². The zero-order valence-corrected chi connectivity index (χ0v) is 26.4. The summed E-state index contributed by atoms with van der Waals surface area (Å²) in [6.07, 6.45) is 0. The first kappa shape index (κ1) is 32.4. The van der Waals surface area contributed by atoms with E-state index in [0.29, 0.717) is 44.9 Å². The standard InChI is InChI=1S/C34H32FN4O6P/c1-4-44-46(41,45-5-2)33(38-28-12-8-6-10-24(28)21-36)23-14-19-30(31(20-23)42-3)43-22-32-37-29-13-9-7-11-27(29)34(40)39(32)26-17-15-25(35)16-18-26/h6-20,33,38H,4-5,22H2,1-3H3. The number of ether oxygens (including phenoxy) is 2. The highest BCUT2D eigenvalue weighted by molar-refractivity contribution is 7.54. The predicted molar refractivity (Wildman–Crippen MR) is 173 cm³/mol. The van der Waals surface area contributed by atoms with E-state index in [1.165, 1.54) is 35.9 Å². The van der Waals surface area contributed by atoms with Crippen LogP contribution in [0.4, 0.5) is 10.1 Å². The summed E-state index contributed by atoms with van der Waals surface area (Å²) in [5.74, 6) is -0.538. The van der Waals surface area contributed by atoms with Gasteiger partial charge in [-0.05, 0) is 80.1 Å². The highest BCUT2D eigenvalue weighted by atomic mass is 31.2. The lowest BCUT2D eigenvalue weighted by molar-refractivity contribution is 0.214. The number of halogens is 1. The van der Waals surface area contributed by atoms with Gasteiger partial charge in [0.25, 0.3) is 5.56 Å². The average molecular weight is 643 g/mol. The van der Waals surface area contributed by atoms with Crippen molar-refractivity contribution in [1.29, 1.82) is 5.26 Å². The molecule has 0 spiro atoms. The smallest absolute Gasteiger partial charge is 0.357 e. The molecule has 0 saturated carbocycles. The number of hydrogen-bond acceptors (Lipinski definition) is 9. The minimum Gasteiger partial charge on any atom is -0.493 e. The maximum Gasteiger partial charge on any atom is 0.357 e. The second-order valence-corrected chi connectivity index (χ2v) is 12.1. The fourth-order valence-corrected chi connectivity index (χ4v) is 6.91. The molecule has 0 bridgehead atoms. The number of nitrogens with one attached hydrogen (secondary N) is 1. The minimum atomic E-state index is -3.82.